The second-order valence-corrected chi connectivity index (χ2v) is 3.83. The Hall–Kier alpha value is -1.47. The highest BCUT2D eigenvalue weighted by Gasteiger charge is 2.39. The molecule has 0 fully saturated rings. The molecular weight excluding hydrogens is 257 g/mol. The van der Waals surface area contributed by atoms with Crippen LogP contribution in [0.2, 0.25) is 0 Å². The van der Waals surface area contributed by atoms with Crippen LogP contribution in [0, 0.1) is 5.92 Å². The summed E-state index contributed by atoms with van der Waals surface area (Å²) in [5.74, 6) is -1.08. The molecule has 0 aliphatic rings. The number of hydrogen-bond donors (Lipinski definition) is 0. The Bertz CT molecular complexity index is 300. The number of alkyl halides is 3. The van der Waals surface area contributed by atoms with Gasteiger partial charge >= 0.3 is 18.3 Å². The van der Waals surface area contributed by atoms with E-state index in [2.05, 4.69) is 14.2 Å². The first kappa shape index (κ1) is 16.5. The predicted molar refractivity (Wildman–Crippen MR) is 53.5 cm³/mol. The first-order valence-corrected chi connectivity index (χ1v) is 5.18. The summed E-state index contributed by atoms with van der Waals surface area (Å²) in [4.78, 5) is 22.0. The van der Waals surface area contributed by atoms with Crippen LogP contribution in [0.25, 0.3) is 0 Å². The number of rotatable bonds is 4. The molecule has 106 valence electrons. The summed E-state index contributed by atoms with van der Waals surface area (Å²) in [6.45, 7) is 4.96. The smallest absolute Gasteiger partial charge is 0.425 e. The molecule has 18 heavy (non-hydrogen) atoms. The average molecular weight is 272 g/mol. The van der Waals surface area contributed by atoms with Crippen molar-refractivity contribution >= 4 is 12.1 Å². The fourth-order valence-corrected chi connectivity index (χ4v) is 0.698. The molecule has 0 N–H and O–H groups in total. The molecule has 0 heterocycles. The third-order valence-corrected chi connectivity index (χ3v) is 1.75. The summed E-state index contributed by atoms with van der Waals surface area (Å²) in [5, 5.41) is 0. The van der Waals surface area contributed by atoms with Gasteiger partial charge in [0.1, 0.15) is 0 Å². The molecular formula is C10H15F3O5. The third kappa shape index (κ3) is 6.31. The van der Waals surface area contributed by atoms with Gasteiger partial charge in [0.2, 0.25) is 6.29 Å². The van der Waals surface area contributed by atoms with Gasteiger partial charge in [-0.3, -0.25) is 4.79 Å². The maximum absolute atomic E-state index is 12.0. The van der Waals surface area contributed by atoms with Crippen molar-refractivity contribution in [3.8, 4) is 0 Å². The molecule has 0 saturated heterocycles. The van der Waals surface area contributed by atoms with Gasteiger partial charge in [0.25, 0.3) is 0 Å². The Morgan fingerprint density at radius 3 is 1.83 bits per heavy atom. The normalized spacial score (nSPS) is 14.9. The van der Waals surface area contributed by atoms with E-state index < -0.39 is 36.6 Å². The van der Waals surface area contributed by atoms with Crippen LogP contribution in [-0.2, 0) is 19.0 Å². The van der Waals surface area contributed by atoms with Gasteiger partial charge in [-0.25, -0.2) is 4.79 Å². The molecule has 0 radical (unpaired) electrons. The molecule has 1 unspecified atom stereocenters. The Labute approximate surface area is 102 Å². The van der Waals surface area contributed by atoms with Crippen LogP contribution in [-0.4, -0.2) is 30.7 Å². The number of esters is 1. The second-order valence-electron chi connectivity index (χ2n) is 3.83. The molecule has 0 rings (SSSR count). The van der Waals surface area contributed by atoms with Crippen LogP contribution < -0.4 is 0 Å². The van der Waals surface area contributed by atoms with Crippen LogP contribution >= 0.6 is 0 Å². The highest BCUT2D eigenvalue weighted by Crippen LogP contribution is 2.22. The lowest BCUT2D eigenvalue weighted by molar-refractivity contribution is -0.211. The Balaban J connectivity index is 4.13. The summed E-state index contributed by atoms with van der Waals surface area (Å²) >= 11 is 0. The highest BCUT2D eigenvalue weighted by atomic mass is 19.4. The fourth-order valence-electron chi connectivity index (χ4n) is 0.698. The highest BCUT2D eigenvalue weighted by molar-refractivity contribution is 5.71. The van der Waals surface area contributed by atoms with Gasteiger partial charge in [0.05, 0.1) is 5.92 Å². The van der Waals surface area contributed by atoms with E-state index >= 15 is 0 Å². The van der Waals surface area contributed by atoms with Crippen molar-refractivity contribution in [2.75, 3.05) is 0 Å². The average Bonchev–Trinajstić information content (AvgIpc) is 2.14. The molecule has 0 spiro atoms. The predicted octanol–water partition coefficient (Wildman–Crippen LogP) is 2.64. The fraction of sp³-hybridized carbons (Fsp3) is 0.800. The van der Waals surface area contributed by atoms with Crippen molar-refractivity contribution in [1.82, 2.24) is 0 Å². The molecule has 0 saturated carbocycles. The van der Waals surface area contributed by atoms with Crippen molar-refractivity contribution in [1.29, 1.82) is 0 Å². The van der Waals surface area contributed by atoms with Gasteiger partial charge in [0, 0.05) is 6.92 Å². The zero-order chi connectivity index (χ0) is 14.5. The first-order valence-electron chi connectivity index (χ1n) is 5.18. The van der Waals surface area contributed by atoms with Crippen molar-refractivity contribution in [2.24, 2.45) is 5.92 Å². The van der Waals surface area contributed by atoms with Gasteiger partial charge in [-0.2, -0.15) is 13.2 Å². The quantitative estimate of drug-likeness (QED) is 0.581. The summed E-state index contributed by atoms with van der Waals surface area (Å²) in [7, 11) is 0. The molecule has 0 bridgehead atoms. The van der Waals surface area contributed by atoms with Gasteiger partial charge < -0.3 is 14.2 Å². The van der Waals surface area contributed by atoms with Crippen LogP contribution in [0.1, 0.15) is 27.7 Å². The maximum atomic E-state index is 12.0. The number of halogens is 3. The molecule has 0 aromatic rings. The second kappa shape index (κ2) is 6.46. The Kier molecular flexibility index (Phi) is 5.93. The molecule has 0 aliphatic heterocycles. The van der Waals surface area contributed by atoms with E-state index in [1.165, 1.54) is 6.92 Å². The lowest BCUT2D eigenvalue weighted by atomic mass is 10.2. The van der Waals surface area contributed by atoms with Gasteiger partial charge in [-0.05, 0) is 6.92 Å². The summed E-state index contributed by atoms with van der Waals surface area (Å²) in [6, 6.07) is 0. The van der Waals surface area contributed by atoms with Crippen molar-refractivity contribution in [2.45, 2.75) is 46.3 Å². The molecule has 2 atom stereocenters. The topological polar surface area (TPSA) is 61.8 Å². The number of carbonyl (C=O) groups is 2. The van der Waals surface area contributed by atoms with E-state index in [0.717, 1.165) is 0 Å². The molecule has 0 aromatic carbocycles. The zero-order valence-electron chi connectivity index (χ0n) is 10.4. The van der Waals surface area contributed by atoms with E-state index in [-0.39, 0.29) is 0 Å². The van der Waals surface area contributed by atoms with E-state index in [4.69, 9.17) is 0 Å². The van der Waals surface area contributed by atoms with E-state index in [1.54, 1.807) is 13.8 Å². The van der Waals surface area contributed by atoms with Crippen LogP contribution in [0.5, 0.6) is 0 Å². The molecule has 0 aliphatic carbocycles. The number of carbonyl (C=O) groups excluding carboxylic acids is 2. The van der Waals surface area contributed by atoms with E-state index in [9.17, 15) is 22.8 Å². The first-order chi connectivity index (χ1) is 8.04. The monoisotopic (exact) mass is 272 g/mol. The number of hydrogen-bond acceptors (Lipinski definition) is 5. The summed E-state index contributed by atoms with van der Waals surface area (Å²) in [6.07, 6.45) is -9.83. The standard InChI is InChI=1S/C10H15F3O5/c1-5(2)8(14)17-7(4)18-9(15)16-6(3)10(11,12)13/h5-7H,1-4H3/t6?,7-/m0/s1. The van der Waals surface area contributed by atoms with E-state index in [0.29, 0.717) is 6.92 Å². The van der Waals surface area contributed by atoms with Gasteiger partial charge in [0.15, 0.2) is 6.10 Å². The van der Waals surface area contributed by atoms with Crippen LogP contribution in [0.15, 0.2) is 0 Å². The lowest BCUT2D eigenvalue weighted by Gasteiger charge is -2.18. The zero-order valence-corrected chi connectivity index (χ0v) is 10.4. The van der Waals surface area contributed by atoms with Crippen LogP contribution in [0.4, 0.5) is 18.0 Å². The van der Waals surface area contributed by atoms with Crippen molar-refractivity contribution in [3.05, 3.63) is 0 Å². The molecule has 8 heteroatoms. The van der Waals surface area contributed by atoms with Crippen molar-refractivity contribution < 1.29 is 37.0 Å². The van der Waals surface area contributed by atoms with Gasteiger partial charge in [-0.15, -0.1) is 0 Å². The summed E-state index contributed by atoms with van der Waals surface area (Å²) in [5.41, 5.74) is 0. The molecule has 5 nitrogen and oxygen atoms in total. The lowest BCUT2D eigenvalue weighted by Crippen LogP contribution is -2.33. The SMILES string of the molecule is CC(C)C(=O)O[C@H](C)OC(=O)OC(C)C(F)(F)F. The molecule has 0 amide bonds. The minimum absolute atomic E-state index is 0.443. The van der Waals surface area contributed by atoms with Crippen molar-refractivity contribution in [3.63, 3.8) is 0 Å². The largest absolute Gasteiger partial charge is 0.511 e. The van der Waals surface area contributed by atoms with E-state index in [1.807, 2.05) is 0 Å². The minimum Gasteiger partial charge on any atom is -0.425 e. The minimum atomic E-state index is -4.67. The summed E-state index contributed by atoms with van der Waals surface area (Å²) < 4.78 is 49.0. The maximum Gasteiger partial charge on any atom is 0.511 e. The Morgan fingerprint density at radius 1 is 0.944 bits per heavy atom. The van der Waals surface area contributed by atoms with Crippen LogP contribution in [0.3, 0.4) is 0 Å². The Morgan fingerprint density at radius 2 is 1.44 bits per heavy atom. The number of ether oxygens (including phenoxy) is 3. The third-order valence-electron chi connectivity index (χ3n) is 1.75. The van der Waals surface area contributed by atoms with Gasteiger partial charge in [-0.1, -0.05) is 13.8 Å². The molecule has 0 aromatic heterocycles.